The number of fused-ring (bicyclic) bond motifs is 1. The molecule has 0 saturated carbocycles. The van der Waals surface area contributed by atoms with E-state index in [2.05, 4.69) is 35.5 Å². The SMILES string of the molecule is Nc1nonc1-[n+]1[nH]nc(C(=O)N=Nc2c(O)n(CC(=O)[O-])c3ccccc23)c1-c1ccccc1Cl. The summed E-state index contributed by atoms with van der Waals surface area (Å²) in [4.78, 5) is 24.3. The molecular weight excluding hydrogens is 494 g/mol. The quantitative estimate of drug-likeness (QED) is 0.223. The van der Waals surface area contributed by atoms with Gasteiger partial charge < -0.3 is 25.3 Å². The number of benzene rings is 2. The molecule has 15 heteroatoms. The third-order valence-corrected chi connectivity index (χ3v) is 5.52. The Balaban J connectivity index is 1.61. The van der Waals surface area contributed by atoms with Crippen LogP contribution >= 0.6 is 11.6 Å². The van der Waals surface area contributed by atoms with Crippen molar-refractivity contribution in [3.63, 3.8) is 0 Å². The highest BCUT2D eigenvalue weighted by atomic mass is 35.5. The summed E-state index contributed by atoms with van der Waals surface area (Å²) in [7, 11) is 0. The van der Waals surface area contributed by atoms with Crippen LogP contribution in [-0.4, -0.2) is 42.2 Å². The first-order valence-corrected chi connectivity index (χ1v) is 10.5. The van der Waals surface area contributed by atoms with Crippen LogP contribution in [0.3, 0.4) is 0 Å². The monoisotopic (exact) mass is 507 g/mol. The Morgan fingerprint density at radius 3 is 2.67 bits per heavy atom. The number of amides is 1. The third-order valence-electron chi connectivity index (χ3n) is 5.19. The summed E-state index contributed by atoms with van der Waals surface area (Å²) in [5.74, 6) is -2.88. The van der Waals surface area contributed by atoms with Gasteiger partial charge in [0.1, 0.15) is 5.16 Å². The number of nitrogen functional groups attached to an aromatic ring is 1. The van der Waals surface area contributed by atoms with Crippen LogP contribution in [0.5, 0.6) is 5.88 Å². The number of aromatic amines is 1. The number of carboxylic acid groups (broad SMARTS) is 1. The van der Waals surface area contributed by atoms with Crippen molar-refractivity contribution >= 4 is 45.9 Å². The minimum absolute atomic E-state index is 0.0244. The average molecular weight is 508 g/mol. The zero-order chi connectivity index (χ0) is 25.4. The zero-order valence-electron chi connectivity index (χ0n) is 18.0. The molecule has 0 radical (unpaired) electrons. The number of aromatic nitrogens is 6. The molecule has 180 valence electrons. The molecule has 3 aromatic heterocycles. The molecule has 5 aromatic rings. The molecule has 1 amide bonds. The van der Waals surface area contributed by atoms with Gasteiger partial charge in [-0.15, -0.1) is 20.1 Å². The minimum atomic E-state index is -1.42. The fourth-order valence-electron chi connectivity index (χ4n) is 3.66. The average Bonchev–Trinajstić information content (AvgIpc) is 3.54. The number of hydrogen-bond donors (Lipinski definition) is 3. The number of nitrogens with zero attached hydrogens (tertiary/aromatic N) is 7. The summed E-state index contributed by atoms with van der Waals surface area (Å²) < 4.78 is 6.98. The van der Waals surface area contributed by atoms with Gasteiger partial charge in [-0.2, -0.15) is 4.63 Å². The number of carbonyl (C=O) groups is 2. The van der Waals surface area contributed by atoms with Crippen LogP contribution in [0.2, 0.25) is 5.02 Å². The van der Waals surface area contributed by atoms with E-state index in [4.69, 9.17) is 17.3 Å². The molecular formula is C21H14ClN9O5. The van der Waals surface area contributed by atoms with Gasteiger partial charge in [-0.25, -0.2) is 0 Å². The summed E-state index contributed by atoms with van der Waals surface area (Å²) >= 11 is 6.37. The van der Waals surface area contributed by atoms with Crippen molar-refractivity contribution in [3.8, 4) is 23.0 Å². The van der Waals surface area contributed by atoms with Crippen LogP contribution in [0.4, 0.5) is 11.5 Å². The highest BCUT2D eigenvalue weighted by molar-refractivity contribution is 6.33. The number of aliphatic carboxylic acids is 1. The first kappa shape index (κ1) is 22.7. The fraction of sp³-hybridized carbons (Fsp3) is 0.0476. The number of carbonyl (C=O) groups excluding carboxylic acids is 2. The van der Waals surface area contributed by atoms with Crippen molar-refractivity contribution in [3.05, 3.63) is 59.2 Å². The van der Waals surface area contributed by atoms with E-state index >= 15 is 0 Å². The van der Waals surface area contributed by atoms with Gasteiger partial charge >= 0.3 is 11.7 Å². The molecule has 14 nitrogen and oxygen atoms in total. The maximum Gasteiger partial charge on any atom is 0.377 e. The van der Waals surface area contributed by atoms with Crippen LogP contribution < -0.4 is 15.5 Å². The molecule has 0 bridgehead atoms. The molecule has 0 fully saturated rings. The Bertz CT molecular complexity index is 1670. The highest BCUT2D eigenvalue weighted by Crippen LogP contribution is 2.39. The number of anilines is 1. The molecule has 4 N–H and O–H groups in total. The molecule has 36 heavy (non-hydrogen) atoms. The number of hydrogen-bond acceptors (Lipinski definition) is 10. The maximum atomic E-state index is 13.1. The summed E-state index contributed by atoms with van der Waals surface area (Å²) in [6, 6.07) is 13.1. The van der Waals surface area contributed by atoms with Crippen LogP contribution in [-0.2, 0) is 11.3 Å². The smallest absolute Gasteiger partial charge is 0.377 e. The Labute approximate surface area is 205 Å². The molecule has 0 unspecified atom stereocenters. The summed E-state index contributed by atoms with van der Waals surface area (Å²) in [6.45, 7) is -0.626. The predicted molar refractivity (Wildman–Crippen MR) is 120 cm³/mol. The van der Waals surface area contributed by atoms with Crippen LogP contribution in [0.1, 0.15) is 10.5 Å². The molecule has 0 saturated heterocycles. The largest absolute Gasteiger partial charge is 0.548 e. The lowest BCUT2D eigenvalue weighted by Crippen LogP contribution is -2.36. The maximum absolute atomic E-state index is 13.1. The van der Waals surface area contributed by atoms with Gasteiger partial charge in [0.2, 0.25) is 5.88 Å². The predicted octanol–water partition coefficient (Wildman–Crippen LogP) is 1.31. The van der Waals surface area contributed by atoms with E-state index in [-0.39, 0.29) is 33.7 Å². The van der Waals surface area contributed by atoms with E-state index < -0.39 is 24.3 Å². The third kappa shape index (κ3) is 3.80. The number of aromatic hydroxyl groups is 1. The van der Waals surface area contributed by atoms with Gasteiger partial charge in [-0.3, -0.25) is 4.79 Å². The van der Waals surface area contributed by atoms with Gasteiger partial charge in [-0.1, -0.05) is 41.9 Å². The van der Waals surface area contributed by atoms with Crippen LogP contribution in [0.25, 0.3) is 28.0 Å². The zero-order valence-corrected chi connectivity index (χ0v) is 18.7. The Hall–Kier alpha value is -5.11. The molecule has 0 aliphatic carbocycles. The highest BCUT2D eigenvalue weighted by Gasteiger charge is 2.32. The number of H-pyrrole nitrogens is 1. The number of halogens is 1. The topological polar surface area (TPSA) is 205 Å². The molecule has 0 spiro atoms. The Morgan fingerprint density at radius 2 is 1.94 bits per heavy atom. The van der Waals surface area contributed by atoms with E-state index in [0.29, 0.717) is 16.5 Å². The molecule has 0 aliphatic rings. The number of carboxylic acids is 1. The lowest BCUT2D eigenvalue weighted by atomic mass is 10.1. The van der Waals surface area contributed by atoms with Gasteiger partial charge in [-0.05, 0) is 28.5 Å². The number of rotatable bonds is 6. The lowest BCUT2D eigenvalue weighted by Gasteiger charge is -2.06. The Morgan fingerprint density at radius 1 is 1.19 bits per heavy atom. The summed E-state index contributed by atoms with van der Waals surface area (Å²) in [6.07, 6.45) is 0. The number of nitrogens with one attached hydrogen (secondary N) is 1. The number of azo groups is 1. The molecule has 3 heterocycles. The van der Waals surface area contributed by atoms with Crippen LogP contribution in [0, 0.1) is 0 Å². The molecule has 0 aliphatic heterocycles. The van der Waals surface area contributed by atoms with Crippen molar-refractivity contribution in [2.45, 2.75) is 6.54 Å². The van der Waals surface area contributed by atoms with Crippen molar-refractivity contribution < 1.29 is 29.1 Å². The standard InChI is InChI=1S/C21H14ClN9O5/c22-12-7-3-1-5-10(12)17-16(25-29-31(17)19-18(23)27-36-28-19)20(34)26-24-15-11-6-2-4-8-13(11)30(21(15)35)9-14(32)33/h1-8H,9H2,(H4,23,26,27,32,33,34,35). The van der Waals surface area contributed by atoms with Crippen molar-refractivity contribution in [1.82, 2.24) is 25.2 Å². The number of nitrogens with two attached hydrogens (primary N) is 1. The molecule has 5 rings (SSSR count). The minimum Gasteiger partial charge on any atom is -0.548 e. The number of para-hydroxylation sites is 1. The second-order valence-electron chi connectivity index (χ2n) is 7.35. The van der Waals surface area contributed by atoms with E-state index in [1.54, 1.807) is 48.5 Å². The first-order chi connectivity index (χ1) is 17.4. The van der Waals surface area contributed by atoms with Gasteiger partial charge in [0, 0.05) is 10.9 Å². The van der Waals surface area contributed by atoms with Gasteiger partial charge in [0.15, 0.2) is 11.4 Å². The summed E-state index contributed by atoms with van der Waals surface area (Å²) in [5.41, 5.74) is 6.41. The van der Waals surface area contributed by atoms with E-state index in [0.717, 1.165) is 4.57 Å². The normalized spacial score (nSPS) is 11.5. The second-order valence-corrected chi connectivity index (χ2v) is 7.76. The van der Waals surface area contributed by atoms with E-state index in [1.807, 2.05) is 0 Å². The van der Waals surface area contributed by atoms with Gasteiger partial charge in [0.05, 0.1) is 23.1 Å². The lowest BCUT2D eigenvalue weighted by molar-refractivity contribution is -0.652. The van der Waals surface area contributed by atoms with Crippen molar-refractivity contribution in [2.24, 2.45) is 10.2 Å². The van der Waals surface area contributed by atoms with E-state index in [1.165, 1.54) is 4.68 Å². The molecule has 2 aromatic carbocycles. The summed E-state index contributed by atoms with van der Waals surface area (Å²) in [5, 5.41) is 43.9. The van der Waals surface area contributed by atoms with Gasteiger partial charge in [0.25, 0.3) is 11.5 Å². The van der Waals surface area contributed by atoms with Crippen molar-refractivity contribution in [1.29, 1.82) is 0 Å². The Kier molecular flexibility index (Phi) is 5.62. The van der Waals surface area contributed by atoms with E-state index in [9.17, 15) is 19.8 Å². The second kappa shape index (κ2) is 8.92. The first-order valence-electron chi connectivity index (χ1n) is 10.2. The van der Waals surface area contributed by atoms with Crippen LogP contribution in [0.15, 0.2) is 63.4 Å². The fourth-order valence-corrected chi connectivity index (χ4v) is 3.89. The molecule has 0 atom stereocenters. The van der Waals surface area contributed by atoms with Crippen molar-refractivity contribution in [2.75, 3.05) is 5.73 Å².